The topological polar surface area (TPSA) is 81.7 Å². The first-order valence-corrected chi connectivity index (χ1v) is 13.2. The third kappa shape index (κ3) is 6.28. The Kier molecular flexibility index (Phi) is 7.68. The zero-order valence-electron chi connectivity index (χ0n) is 17.5. The molecule has 6 nitrogen and oxygen atoms in total. The fourth-order valence-electron chi connectivity index (χ4n) is 3.09. The molecule has 0 saturated heterocycles. The van der Waals surface area contributed by atoms with Crippen LogP contribution in [0.4, 0.5) is 5.69 Å². The summed E-state index contributed by atoms with van der Waals surface area (Å²) in [6.07, 6.45) is 0.128. The van der Waals surface area contributed by atoms with Crippen LogP contribution in [-0.4, -0.2) is 21.6 Å². The molecule has 0 spiro atoms. The second-order valence-corrected chi connectivity index (χ2v) is 10.5. The molecule has 164 valence electrons. The van der Waals surface area contributed by atoms with Crippen molar-refractivity contribution in [3.63, 3.8) is 0 Å². The van der Waals surface area contributed by atoms with Crippen LogP contribution in [0, 0.1) is 0 Å². The van der Waals surface area contributed by atoms with Crippen LogP contribution in [0.25, 0.3) is 11.1 Å². The molecule has 0 atom stereocenters. The summed E-state index contributed by atoms with van der Waals surface area (Å²) >= 11 is 0. The highest BCUT2D eigenvalue weighted by Crippen LogP contribution is 2.51. The van der Waals surface area contributed by atoms with Gasteiger partial charge in [0, 0.05) is 5.69 Å². The molecule has 0 radical (unpaired) electrons. The highest BCUT2D eigenvalue weighted by atomic mass is 32.2. The quantitative estimate of drug-likeness (QED) is 0.381. The van der Waals surface area contributed by atoms with Gasteiger partial charge in [-0.15, -0.1) is 0 Å². The SMILES string of the molecule is CCOP(=O)(Cc1ccc(NS(=O)(=O)c2ccc(-c3ccccc3)cc2)cc1)OCC. The molecule has 1 N–H and O–H groups in total. The Morgan fingerprint density at radius 3 is 1.87 bits per heavy atom. The van der Waals surface area contributed by atoms with Gasteiger partial charge in [-0.25, -0.2) is 8.42 Å². The third-order valence-corrected chi connectivity index (χ3v) is 7.96. The Morgan fingerprint density at radius 2 is 1.32 bits per heavy atom. The number of anilines is 1. The van der Waals surface area contributed by atoms with Gasteiger partial charge < -0.3 is 9.05 Å². The van der Waals surface area contributed by atoms with Crippen LogP contribution in [-0.2, 0) is 29.8 Å². The van der Waals surface area contributed by atoms with Crippen LogP contribution >= 0.6 is 7.60 Å². The summed E-state index contributed by atoms with van der Waals surface area (Å²) in [7, 11) is -6.95. The van der Waals surface area contributed by atoms with Crippen molar-refractivity contribution in [3.05, 3.63) is 84.4 Å². The van der Waals surface area contributed by atoms with Gasteiger partial charge in [0.05, 0.1) is 24.3 Å². The van der Waals surface area contributed by atoms with Crippen molar-refractivity contribution in [1.29, 1.82) is 0 Å². The van der Waals surface area contributed by atoms with E-state index in [2.05, 4.69) is 4.72 Å². The Labute approximate surface area is 183 Å². The van der Waals surface area contributed by atoms with E-state index in [4.69, 9.17) is 9.05 Å². The minimum atomic E-state index is -3.73. The van der Waals surface area contributed by atoms with E-state index in [9.17, 15) is 13.0 Å². The van der Waals surface area contributed by atoms with E-state index in [1.54, 1.807) is 62.4 Å². The summed E-state index contributed by atoms with van der Waals surface area (Å²) in [5.74, 6) is 0. The molecule has 0 bridgehead atoms. The van der Waals surface area contributed by atoms with Crippen LogP contribution in [0.3, 0.4) is 0 Å². The summed E-state index contributed by atoms with van der Waals surface area (Å²) in [6, 6.07) is 23.2. The van der Waals surface area contributed by atoms with E-state index in [1.807, 2.05) is 30.3 Å². The molecule has 0 fully saturated rings. The normalized spacial score (nSPS) is 11.9. The average molecular weight is 460 g/mol. The molecule has 3 aromatic carbocycles. The molecular weight excluding hydrogens is 433 g/mol. The molecule has 0 amide bonds. The number of hydrogen-bond donors (Lipinski definition) is 1. The second kappa shape index (κ2) is 10.2. The summed E-state index contributed by atoms with van der Waals surface area (Å²) in [4.78, 5) is 0.174. The van der Waals surface area contributed by atoms with E-state index >= 15 is 0 Å². The van der Waals surface area contributed by atoms with Gasteiger partial charge in [0.15, 0.2) is 0 Å². The van der Waals surface area contributed by atoms with Gasteiger partial charge in [-0.2, -0.15) is 0 Å². The van der Waals surface area contributed by atoms with Crippen LogP contribution in [0.15, 0.2) is 83.8 Å². The highest BCUT2D eigenvalue weighted by molar-refractivity contribution is 7.92. The Balaban J connectivity index is 1.71. The molecule has 0 aromatic heterocycles. The molecule has 0 aliphatic carbocycles. The Bertz CT molecular complexity index is 1120. The Morgan fingerprint density at radius 1 is 0.774 bits per heavy atom. The van der Waals surface area contributed by atoms with Gasteiger partial charge in [0.2, 0.25) is 0 Å². The number of benzene rings is 3. The third-order valence-electron chi connectivity index (χ3n) is 4.51. The predicted octanol–water partition coefficient (Wildman–Crippen LogP) is 5.92. The van der Waals surface area contributed by atoms with E-state index in [1.165, 1.54) is 0 Å². The first kappa shape index (κ1) is 23.2. The molecule has 31 heavy (non-hydrogen) atoms. The van der Waals surface area contributed by atoms with E-state index < -0.39 is 17.6 Å². The lowest BCUT2D eigenvalue weighted by Crippen LogP contribution is -2.12. The van der Waals surface area contributed by atoms with Crippen molar-refractivity contribution < 1.29 is 22.0 Å². The first-order valence-electron chi connectivity index (χ1n) is 10.0. The fourth-order valence-corrected chi connectivity index (χ4v) is 5.86. The molecule has 8 heteroatoms. The molecule has 0 heterocycles. The van der Waals surface area contributed by atoms with E-state index in [0.717, 1.165) is 16.7 Å². The van der Waals surface area contributed by atoms with Crippen LogP contribution in [0.1, 0.15) is 19.4 Å². The maximum Gasteiger partial charge on any atom is 0.335 e. The van der Waals surface area contributed by atoms with Crippen LogP contribution in [0.5, 0.6) is 0 Å². The molecular formula is C23H26NO5PS. The van der Waals surface area contributed by atoms with Crippen molar-refractivity contribution in [2.24, 2.45) is 0 Å². The van der Waals surface area contributed by atoms with Crippen LogP contribution < -0.4 is 4.72 Å². The van der Waals surface area contributed by atoms with Crippen molar-refractivity contribution in [2.45, 2.75) is 24.9 Å². The molecule has 0 unspecified atom stereocenters. The van der Waals surface area contributed by atoms with Crippen molar-refractivity contribution >= 4 is 23.3 Å². The lowest BCUT2D eigenvalue weighted by Gasteiger charge is -2.17. The molecule has 3 rings (SSSR count). The van der Waals surface area contributed by atoms with Crippen molar-refractivity contribution in [1.82, 2.24) is 0 Å². The standard InChI is InChI=1S/C23H26NO5PS/c1-3-28-30(25,29-4-2)18-19-10-14-22(15-11-19)24-31(26,27)23-16-12-21(13-17-23)20-8-6-5-7-9-20/h5-17,24H,3-4,18H2,1-2H3. The number of rotatable bonds is 10. The highest BCUT2D eigenvalue weighted by Gasteiger charge is 2.24. The van der Waals surface area contributed by atoms with E-state index in [0.29, 0.717) is 5.69 Å². The predicted molar refractivity (Wildman–Crippen MR) is 124 cm³/mol. The van der Waals surface area contributed by atoms with Crippen molar-refractivity contribution in [2.75, 3.05) is 17.9 Å². The van der Waals surface area contributed by atoms with Crippen molar-refractivity contribution in [3.8, 4) is 11.1 Å². The maximum atomic E-state index is 12.7. The first-order chi connectivity index (χ1) is 14.8. The lowest BCUT2D eigenvalue weighted by atomic mass is 10.1. The maximum absolute atomic E-state index is 12.7. The summed E-state index contributed by atoms with van der Waals surface area (Å²) in [5, 5.41) is 0. The Hall–Kier alpha value is -2.44. The van der Waals surface area contributed by atoms with Gasteiger partial charge in [-0.05, 0) is 54.8 Å². The van der Waals surface area contributed by atoms with Gasteiger partial charge in [-0.3, -0.25) is 9.29 Å². The van der Waals surface area contributed by atoms with Gasteiger partial charge in [0.25, 0.3) is 10.0 Å². The zero-order chi connectivity index (χ0) is 22.3. The molecule has 0 saturated carbocycles. The van der Waals surface area contributed by atoms with Gasteiger partial charge >= 0.3 is 7.60 Å². The molecule has 0 aliphatic heterocycles. The largest absolute Gasteiger partial charge is 0.335 e. The minimum Gasteiger partial charge on any atom is -0.309 e. The molecule has 0 aliphatic rings. The fraction of sp³-hybridized carbons (Fsp3) is 0.217. The average Bonchev–Trinajstić information content (AvgIpc) is 2.76. The summed E-state index contributed by atoms with van der Waals surface area (Å²) < 4.78 is 51.3. The van der Waals surface area contributed by atoms with E-state index in [-0.39, 0.29) is 24.3 Å². The molecule has 3 aromatic rings. The van der Waals surface area contributed by atoms with Gasteiger partial charge in [0.1, 0.15) is 0 Å². The minimum absolute atomic E-state index is 0.128. The van der Waals surface area contributed by atoms with Gasteiger partial charge in [-0.1, -0.05) is 54.6 Å². The zero-order valence-corrected chi connectivity index (χ0v) is 19.2. The second-order valence-electron chi connectivity index (χ2n) is 6.80. The number of sulfonamides is 1. The summed E-state index contributed by atoms with van der Waals surface area (Å²) in [5.41, 5.74) is 3.11. The van der Waals surface area contributed by atoms with Crippen LogP contribution in [0.2, 0.25) is 0 Å². The number of hydrogen-bond acceptors (Lipinski definition) is 5. The lowest BCUT2D eigenvalue weighted by molar-refractivity contribution is 0.219. The monoisotopic (exact) mass is 459 g/mol. The number of nitrogens with one attached hydrogen (secondary N) is 1. The smallest absolute Gasteiger partial charge is 0.309 e. The summed E-state index contributed by atoms with van der Waals surface area (Å²) in [6.45, 7) is 4.10.